The van der Waals surface area contributed by atoms with E-state index >= 15 is 0 Å². The van der Waals surface area contributed by atoms with Crippen LogP contribution in [0.25, 0.3) is 0 Å². The molecule has 0 radical (unpaired) electrons. The van der Waals surface area contributed by atoms with Gasteiger partial charge in [-0.2, -0.15) is 0 Å². The molecule has 0 spiro atoms. The summed E-state index contributed by atoms with van der Waals surface area (Å²) >= 11 is 0. The number of carbonyl (C=O) groups is 1. The second-order valence-corrected chi connectivity index (χ2v) is 11.4. The van der Waals surface area contributed by atoms with E-state index in [1.807, 2.05) is 52.8 Å². The molecule has 0 aromatic heterocycles. The summed E-state index contributed by atoms with van der Waals surface area (Å²) in [5, 5.41) is 42.7. The smallest absolute Gasteiger partial charge is 0.331 e. The average Bonchev–Trinajstić information content (AvgIpc) is 2.88. The largest absolute Gasteiger partial charge is 0.458 e. The molecule has 6 heteroatoms. The molecule has 1 rings (SSSR count). The maximum atomic E-state index is 12.6. The molecule has 6 nitrogen and oxygen atoms in total. The summed E-state index contributed by atoms with van der Waals surface area (Å²) in [6, 6.07) is 0. The Kier molecular flexibility index (Phi) is 15.7. The van der Waals surface area contributed by atoms with Crippen LogP contribution in [0.1, 0.15) is 67.2 Å². The van der Waals surface area contributed by atoms with E-state index in [-0.39, 0.29) is 41.9 Å². The van der Waals surface area contributed by atoms with E-state index in [0.29, 0.717) is 6.42 Å². The number of cyclic esters (lactones) is 1. The van der Waals surface area contributed by atoms with Crippen LogP contribution in [0.4, 0.5) is 0 Å². The highest BCUT2D eigenvalue weighted by Crippen LogP contribution is 2.28. The van der Waals surface area contributed by atoms with Crippen molar-refractivity contribution in [3.63, 3.8) is 0 Å². The van der Waals surface area contributed by atoms with Crippen molar-refractivity contribution in [1.82, 2.24) is 0 Å². The lowest BCUT2D eigenvalue weighted by Gasteiger charge is -2.31. The summed E-state index contributed by atoms with van der Waals surface area (Å²) in [6.45, 7) is 15.5. The molecule has 0 aliphatic carbocycles. The van der Waals surface area contributed by atoms with Gasteiger partial charge in [-0.15, -0.1) is 0 Å². The van der Waals surface area contributed by atoms with Gasteiger partial charge in [0, 0.05) is 36.2 Å². The fraction of sp³-hybridized carbons (Fsp3) is 0.656. The maximum absolute atomic E-state index is 12.6. The minimum Gasteiger partial charge on any atom is -0.458 e. The molecular formula is C32H52O6. The van der Waals surface area contributed by atoms with E-state index < -0.39 is 36.5 Å². The Morgan fingerprint density at radius 2 is 1.61 bits per heavy atom. The van der Waals surface area contributed by atoms with E-state index in [4.69, 9.17) is 4.74 Å². The summed E-state index contributed by atoms with van der Waals surface area (Å²) in [5.41, 5.74) is 0. The number of carbonyl (C=O) groups excluding carboxylic acids is 1. The Balaban J connectivity index is 3.17. The number of allylic oxidation sites excluding steroid dienone is 4. The SMILES string of the molecule is C=CC=C[C@H](C)[C@@H]1OC(=O)C=CC=C[C@H](C)[C@@H](O)C[C@H](O)C=C[C@H](C)[C@H](O)[C@@H](C)C[C@H](C)CCC(O)[C@@H]1C. The molecule has 38 heavy (non-hydrogen) atoms. The fourth-order valence-corrected chi connectivity index (χ4v) is 5.04. The molecular weight excluding hydrogens is 480 g/mol. The molecule has 11 atom stereocenters. The zero-order valence-corrected chi connectivity index (χ0v) is 24.2. The first-order valence-electron chi connectivity index (χ1n) is 14.1. The molecule has 1 unspecified atom stereocenters. The van der Waals surface area contributed by atoms with Crippen molar-refractivity contribution in [2.75, 3.05) is 0 Å². The Morgan fingerprint density at radius 3 is 2.26 bits per heavy atom. The van der Waals surface area contributed by atoms with Gasteiger partial charge in [0.15, 0.2) is 0 Å². The standard InChI is InChI=1S/C32H52O6/c1-8-9-12-24(5)32-26(7)28(34)18-15-21(2)19-25(6)31(37)23(4)16-17-27(33)20-29(35)22(3)13-10-11-14-30(36)38-32/h8-14,16-17,21-29,31-35,37H,1,15,18-20H2,2-7H3/t21-,22+,23+,24+,25+,26+,27-,28?,29+,31+,32+/m1/s1. The average molecular weight is 533 g/mol. The second-order valence-electron chi connectivity index (χ2n) is 11.4. The summed E-state index contributed by atoms with van der Waals surface area (Å²) in [6.07, 6.45) is 14.2. The molecule has 0 saturated heterocycles. The van der Waals surface area contributed by atoms with Crippen LogP contribution in [0.2, 0.25) is 0 Å². The molecule has 1 aliphatic rings. The highest BCUT2D eigenvalue weighted by Gasteiger charge is 2.31. The van der Waals surface area contributed by atoms with Crippen LogP contribution in [0, 0.1) is 35.5 Å². The number of hydrogen-bond acceptors (Lipinski definition) is 6. The summed E-state index contributed by atoms with van der Waals surface area (Å²) < 4.78 is 5.81. The van der Waals surface area contributed by atoms with Crippen molar-refractivity contribution in [3.8, 4) is 0 Å². The monoisotopic (exact) mass is 532 g/mol. The van der Waals surface area contributed by atoms with E-state index in [1.165, 1.54) is 6.08 Å². The summed E-state index contributed by atoms with van der Waals surface area (Å²) in [4.78, 5) is 12.6. The quantitative estimate of drug-likeness (QED) is 0.228. The van der Waals surface area contributed by atoms with Gasteiger partial charge in [-0.1, -0.05) is 96.7 Å². The maximum Gasteiger partial charge on any atom is 0.331 e. The topological polar surface area (TPSA) is 107 Å². The van der Waals surface area contributed by atoms with Crippen LogP contribution in [0.15, 0.2) is 61.3 Å². The molecule has 1 heterocycles. The zero-order valence-electron chi connectivity index (χ0n) is 24.2. The Labute approximate surface area is 230 Å². The fourth-order valence-electron chi connectivity index (χ4n) is 5.04. The van der Waals surface area contributed by atoms with Crippen molar-refractivity contribution in [1.29, 1.82) is 0 Å². The van der Waals surface area contributed by atoms with Gasteiger partial charge in [-0.05, 0) is 31.1 Å². The van der Waals surface area contributed by atoms with E-state index in [0.717, 1.165) is 12.8 Å². The van der Waals surface area contributed by atoms with Crippen LogP contribution in [-0.2, 0) is 9.53 Å². The van der Waals surface area contributed by atoms with Crippen molar-refractivity contribution < 1.29 is 30.0 Å². The zero-order chi connectivity index (χ0) is 28.8. The summed E-state index contributed by atoms with van der Waals surface area (Å²) in [7, 11) is 0. The third-order valence-electron chi connectivity index (χ3n) is 7.78. The van der Waals surface area contributed by atoms with Gasteiger partial charge in [0.2, 0.25) is 0 Å². The molecule has 0 amide bonds. The third-order valence-corrected chi connectivity index (χ3v) is 7.78. The number of aliphatic hydroxyl groups is 4. The van der Waals surface area contributed by atoms with E-state index in [1.54, 1.807) is 30.4 Å². The molecule has 0 saturated carbocycles. The molecule has 4 N–H and O–H groups in total. The lowest BCUT2D eigenvalue weighted by Crippen LogP contribution is -2.37. The van der Waals surface area contributed by atoms with Crippen LogP contribution in [-0.4, -0.2) is 56.9 Å². The van der Waals surface area contributed by atoms with Gasteiger partial charge in [0.1, 0.15) is 6.10 Å². The van der Waals surface area contributed by atoms with Gasteiger partial charge in [0.25, 0.3) is 0 Å². The van der Waals surface area contributed by atoms with Crippen molar-refractivity contribution >= 4 is 5.97 Å². The van der Waals surface area contributed by atoms with Crippen LogP contribution in [0.3, 0.4) is 0 Å². The van der Waals surface area contributed by atoms with Crippen LogP contribution >= 0.6 is 0 Å². The predicted molar refractivity (Wildman–Crippen MR) is 154 cm³/mol. The molecule has 0 aromatic carbocycles. The first-order valence-corrected chi connectivity index (χ1v) is 14.1. The predicted octanol–water partition coefficient (Wildman–Crippen LogP) is 5.14. The molecule has 0 bridgehead atoms. The third kappa shape index (κ3) is 12.2. The number of aliphatic hydroxyl groups excluding tert-OH is 4. The first kappa shape index (κ1) is 34.0. The highest BCUT2D eigenvalue weighted by molar-refractivity contribution is 5.82. The van der Waals surface area contributed by atoms with E-state index in [2.05, 4.69) is 13.5 Å². The lowest BCUT2D eigenvalue weighted by atomic mass is 9.82. The van der Waals surface area contributed by atoms with E-state index in [9.17, 15) is 25.2 Å². The Morgan fingerprint density at radius 1 is 0.921 bits per heavy atom. The van der Waals surface area contributed by atoms with Crippen molar-refractivity contribution in [2.45, 2.75) is 97.7 Å². The minimum atomic E-state index is -0.828. The number of esters is 1. The van der Waals surface area contributed by atoms with Crippen LogP contribution < -0.4 is 0 Å². The normalized spacial score (nSPS) is 38.2. The summed E-state index contributed by atoms with van der Waals surface area (Å²) in [5.74, 6) is -0.976. The number of hydrogen-bond donors (Lipinski definition) is 4. The van der Waals surface area contributed by atoms with Gasteiger partial charge >= 0.3 is 5.97 Å². The van der Waals surface area contributed by atoms with Gasteiger partial charge in [-0.25, -0.2) is 4.79 Å². The van der Waals surface area contributed by atoms with Crippen LogP contribution in [0.5, 0.6) is 0 Å². The van der Waals surface area contributed by atoms with Gasteiger partial charge in [-0.3, -0.25) is 0 Å². The number of ether oxygens (including phenoxy) is 1. The highest BCUT2D eigenvalue weighted by atomic mass is 16.5. The van der Waals surface area contributed by atoms with Gasteiger partial charge < -0.3 is 25.2 Å². The lowest BCUT2D eigenvalue weighted by molar-refractivity contribution is -0.150. The Bertz CT molecular complexity index is 815. The Hall–Kier alpha value is -1.99. The first-order chi connectivity index (χ1) is 17.9. The molecule has 216 valence electrons. The molecule has 1 aliphatic heterocycles. The second kappa shape index (κ2) is 17.6. The minimum absolute atomic E-state index is 0.0366. The molecule has 0 aromatic rings. The van der Waals surface area contributed by atoms with Crippen molar-refractivity contribution in [3.05, 3.63) is 61.3 Å². The van der Waals surface area contributed by atoms with Gasteiger partial charge in [0.05, 0.1) is 24.4 Å². The number of rotatable bonds is 3. The molecule has 0 fully saturated rings. The van der Waals surface area contributed by atoms with Crippen molar-refractivity contribution in [2.24, 2.45) is 35.5 Å².